The SMILES string of the molecule is CC(=O)c1cccc(NC(=O)Cc2csc(CCc3ccccc3)n2)c1. The summed E-state index contributed by atoms with van der Waals surface area (Å²) in [5, 5.41) is 5.80. The molecule has 3 aromatic rings. The maximum Gasteiger partial charge on any atom is 0.230 e. The molecule has 4 nitrogen and oxygen atoms in total. The van der Waals surface area contributed by atoms with E-state index >= 15 is 0 Å². The number of benzene rings is 2. The Bertz CT molecular complexity index is 903. The number of hydrogen-bond donors (Lipinski definition) is 1. The van der Waals surface area contributed by atoms with E-state index < -0.39 is 0 Å². The zero-order chi connectivity index (χ0) is 18.4. The monoisotopic (exact) mass is 364 g/mol. The maximum absolute atomic E-state index is 12.2. The van der Waals surface area contributed by atoms with E-state index in [9.17, 15) is 9.59 Å². The summed E-state index contributed by atoms with van der Waals surface area (Å²) in [6.07, 6.45) is 2.04. The fourth-order valence-electron chi connectivity index (χ4n) is 2.63. The van der Waals surface area contributed by atoms with Gasteiger partial charge >= 0.3 is 0 Å². The van der Waals surface area contributed by atoms with Gasteiger partial charge in [-0.25, -0.2) is 4.98 Å². The summed E-state index contributed by atoms with van der Waals surface area (Å²) in [6, 6.07) is 17.3. The van der Waals surface area contributed by atoms with E-state index in [0.29, 0.717) is 11.3 Å². The molecule has 1 aromatic heterocycles. The van der Waals surface area contributed by atoms with Gasteiger partial charge in [0.05, 0.1) is 17.1 Å². The molecule has 0 saturated carbocycles. The lowest BCUT2D eigenvalue weighted by Crippen LogP contribution is -2.15. The van der Waals surface area contributed by atoms with Crippen LogP contribution in [0.25, 0.3) is 0 Å². The van der Waals surface area contributed by atoms with Crippen molar-refractivity contribution in [3.8, 4) is 0 Å². The fourth-order valence-corrected chi connectivity index (χ4v) is 3.42. The highest BCUT2D eigenvalue weighted by Gasteiger charge is 2.09. The van der Waals surface area contributed by atoms with Gasteiger partial charge in [-0.15, -0.1) is 11.3 Å². The average Bonchev–Trinajstić information content (AvgIpc) is 3.08. The minimum absolute atomic E-state index is 0.0244. The first kappa shape index (κ1) is 18.0. The van der Waals surface area contributed by atoms with Crippen LogP contribution in [0.2, 0.25) is 0 Å². The Morgan fingerprint density at radius 2 is 1.85 bits per heavy atom. The Morgan fingerprint density at radius 3 is 2.62 bits per heavy atom. The number of ketones is 1. The molecule has 0 fully saturated rings. The molecule has 5 heteroatoms. The third kappa shape index (κ3) is 5.10. The highest BCUT2D eigenvalue weighted by molar-refractivity contribution is 7.09. The summed E-state index contributed by atoms with van der Waals surface area (Å²) in [7, 11) is 0. The number of anilines is 1. The van der Waals surface area contributed by atoms with E-state index in [2.05, 4.69) is 22.4 Å². The fraction of sp³-hybridized carbons (Fsp3) is 0.190. The summed E-state index contributed by atoms with van der Waals surface area (Å²) >= 11 is 1.59. The van der Waals surface area contributed by atoms with Crippen LogP contribution in [-0.4, -0.2) is 16.7 Å². The number of amides is 1. The van der Waals surface area contributed by atoms with Crippen LogP contribution in [0.3, 0.4) is 0 Å². The van der Waals surface area contributed by atoms with Crippen molar-refractivity contribution in [1.82, 2.24) is 4.98 Å². The van der Waals surface area contributed by atoms with E-state index in [1.807, 2.05) is 23.6 Å². The molecule has 0 saturated heterocycles. The summed E-state index contributed by atoms with van der Waals surface area (Å²) in [5.41, 5.74) is 3.27. The van der Waals surface area contributed by atoms with Crippen molar-refractivity contribution >= 4 is 28.7 Å². The van der Waals surface area contributed by atoms with Crippen LogP contribution >= 0.6 is 11.3 Å². The quantitative estimate of drug-likeness (QED) is 0.636. The Balaban J connectivity index is 1.54. The number of hydrogen-bond acceptors (Lipinski definition) is 4. The number of rotatable bonds is 7. The summed E-state index contributed by atoms with van der Waals surface area (Å²) < 4.78 is 0. The van der Waals surface area contributed by atoms with Gasteiger partial charge < -0.3 is 5.32 Å². The molecule has 1 N–H and O–H groups in total. The number of carbonyl (C=O) groups is 2. The van der Waals surface area contributed by atoms with Crippen molar-refractivity contribution < 1.29 is 9.59 Å². The lowest BCUT2D eigenvalue weighted by molar-refractivity contribution is -0.115. The molecule has 0 radical (unpaired) electrons. The zero-order valence-electron chi connectivity index (χ0n) is 14.6. The molecule has 0 spiro atoms. The third-order valence-corrected chi connectivity index (χ3v) is 4.92. The lowest BCUT2D eigenvalue weighted by Gasteiger charge is -2.05. The second-order valence-corrected chi connectivity index (χ2v) is 7.02. The molecule has 0 aliphatic rings. The Hall–Kier alpha value is -2.79. The second-order valence-electron chi connectivity index (χ2n) is 6.08. The van der Waals surface area contributed by atoms with E-state index in [1.54, 1.807) is 35.6 Å². The van der Waals surface area contributed by atoms with Gasteiger partial charge in [0.2, 0.25) is 5.91 Å². The average molecular weight is 364 g/mol. The molecule has 2 aromatic carbocycles. The molecule has 1 amide bonds. The summed E-state index contributed by atoms with van der Waals surface area (Å²) in [6.45, 7) is 1.51. The van der Waals surface area contributed by atoms with Crippen molar-refractivity contribution in [2.24, 2.45) is 0 Å². The van der Waals surface area contributed by atoms with Gasteiger partial charge in [-0.05, 0) is 31.0 Å². The predicted molar refractivity (Wildman–Crippen MR) is 105 cm³/mol. The van der Waals surface area contributed by atoms with E-state index in [0.717, 1.165) is 23.5 Å². The first-order valence-corrected chi connectivity index (χ1v) is 9.36. The largest absolute Gasteiger partial charge is 0.326 e. The van der Waals surface area contributed by atoms with Gasteiger partial charge in [0.1, 0.15) is 0 Å². The van der Waals surface area contributed by atoms with Gasteiger partial charge in [0, 0.05) is 23.1 Å². The highest BCUT2D eigenvalue weighted by Crippen LogP contribution is 2.15. The summed E-state index contributed by atoms with van der Waals surface area (Å²) in [4.78, 5) is 28.2. The van der Waals surface area contributed by atoms with Gasteiger partial charge in [-0.1, -0.05) is 42.5 Å². The van der Waals surface area contributed by atoms with Crippen molar-refractivity contribution in [2.75, 3.05) is 5.32 Å². The predicted octanol–water partition coefficient (Wildman–Crippen LogP) is 4.31. The van der Waals surface area contributed by atoms with Crippen LogP contribution < -0.4 is 5.32 Å². The number of Topliss-reactive ketones (excluding diaryl/α,β-unsaturated/α-hetero) is 1. The molecule has 26 heavy (non-hydrogen) atoms. The van der Waals surface area contributed by atoms with E-state index in [4.69, 9.17) is 0 Å². The molecule has 132 valence electrons. The smallest absolute Gasteiger partial charge is 0.230 e. The highest BCUT2D eigenvalue weighted by atomic mass is 32.1. The number of aromatic nitrogens is 1. The number of carbonyl (C=O) groups excluding carboxylic acids is 2. The van der Waals surface area contributed by atoms with Gasteiger partial charge in [-0.3, -0.25) is 9.59 Å². The molecule has 0 atom stereocenters. The number of nitrogens with one attached hydrogen (secondary N) is 1. The molecular weight excluding hydrogens is 344 g/mol. The normalized spacial score (nSPS) is 10.5. The van der Waals surface area contributed by atoms with Crippen molar-refractivity contribution in [3.05, 3.63) is 81.8 Å². The molecule has 0 aliphatic carbocycles. The van der Waals surface area contributed by atoms with Crippen LogP contribution in [0.15, 0.2) is 60.0 Å². The first-order chi connectivity index (χ1) is 12.6. The van der Waals surface area contributed by atoms with Gasteiger partial charge in [-0.2, -0.15) is 0 Å². The Labute approximate surface area is 156 Å². The minimum Gasteiger partial charge on any atom is -0.326 e. The van der Waals surface area contributed by atoms with Crippen LogP contribution in [0.5, 0.6) is 0 Å². The molecular formula is C21H20N2O2S. The number of thiazole rings is 1. The lowest BCUT2D eigenvalue weighted by atomic mass is 10.1. The van der Waals surface area contributed by atoms with Gasteiger partial charge in [0.25, 0.3) is 0 Å². The molecule has 1 heterocycles. The van der Waals surface area contributed by atoms with Gasteiger partial charge in [0.15, 0.2) is 5.78 Å². The number of nitrogens with zero attached hydrogens (tertiary/aromatic N) is 1. The van der Waals surface area contributed by atoms with Crippen LogP contribution in [0.1, 0.15) is 33.5 Å². The van der Waals surface area contributed by atoms with Crippen LogP contribution in [-0.2, 0) is 24.1 Å². The van der Waals surface area contributed by atoms with Crippen LogP contribution in [0, 0.1) is 0 Å². The third-order valence-electron chi connectivity index (χ3n) is 3.96. The van der Waals surface area contributed by atoms with Crippen molar-refractivity contribution in [3.63, 3.8) is 0 Å². The molecule has 0 bridgehead atoms. The minimum atomic E-state index is -0.134. The van der Waals surface area contributed by atoms with E-state index in [-0.39, 0.29) is 18.1 Å². The first-order valence-electron chi connectivity index (χ1n) is 8.48. The second kappa shape index (κ2) is 8.54. The molecule has 0 unspecified atom stereocenters. The molecule has 0 aliphatic heterocycles. The maximum atomic E-state index is 12.2. The van der Waals surface area contributed by atoms with Crippen molar-refractivity contribution in [2.45, 2.75) is 26.2 Å². The number of aryl methyl sites for hydroxylation is 2. The topological polar surface area (TPSA) is 59.1 Å². The Morgan fingerprint density at radius 1 is 1.04 bits per heavy atom. The van der Waals surface area contributed by atoms with E-state index in [1.165, 1.54) is 12.5 Å². The summed E-state index contributed by atoms with van der Waals surface area (Å²) in [5.74, 6) is -0.158. The van der Waals surface area contributed by atoms with Crippen LogP contribution in [0.4, 0.5) is 5.69 Å². The standard InChI is InChI=1S/C21H20N2O2S/c1-15(24)17-8-5-9-18(12-17)22-20(25)13-19-14-26-21(23-19)11-10-16-6-3-2-4-7-16/h2-9,12,14H,10-11,13H2,1H3,(H,22,25). The molecule has 3 rings (SSSR count). The Kier molecular flexibility index (Phi) is 5.92. The van der Waals surface area contributed by atoms with Crippen molar-refractivity contribution in [1.29, 1.82) is 0 Å². The zero-order valence-corrected chi connectivity index (χ0v) is 15.4.